The maximum Gasteiger partial charge on any atom is 0.146 e. The van der Waals surface area contributed by atoms with Crippen molar-refractivity contribution >= 4 is 22.7 Å². The predicted octanol–water partition coefficient (Wildman–Crippen LogP) is 0.627. The maximum atomic E-state index is 6.08. The molecular weight excluding hydrogens is 230 g/mol. The quantitative estimate of drug-likeness (QED) is 0.589. The van der Waals surface area contributed by atoms with Crippen LogP contribution in [0.15, 0.2) is 6.07 Å². The molecule has 100 valence electrons. The van der Waals surface area contributed by atoms with Crippen molar-refractivity contribution in [1.29, 1.82) is 0 Å². The largest absolute Gasteiger partial charge is 0.494 e. The molecule has 1 aliphatic rings. The van der Waals surface area contributed by atoms with Crippen molar-refractivity contribution in [3.05, 3.63) is 6.07 Å². The fraction of sp³-hybridized carbons (Fsp3) is 0.500. The molecule has 0 aliphatic carbocycles. The van der Waals surface area contributed by atoms with Gasteiger partial charge in [0.1, 0.15) is 5.75 Å². The number of hydrogen-bond donors (Lipinski definition) is 4. The Balaban J connectivity index is 2.32. The van der Waals surface area contributed by atoms with Gasteiger partial charge in [-0.25, -0.2) is 0 Å². The molecule has 0 amide bonds. The fourth-order valence-corrected chi connectivity index (χ4v) is 2.23. The third-order valence-electron chi connectivity index (χ3n) is 3.04. The van der Waals surface area contributed by atoms with Gasteiger partial charge >= 0.3 is 0 Å². The van der Waals surface area contributed by atoms with Crippen LogP contribution in [-0.4, -0.2) is 45.2 Å². The van der Waals surface area contributed by atoms with Gasteiger partial charge in [0.2, 0.25) is 0 Å². The van der Waals surface area contributed by atoms with Crippen LogP contribution in [-0.2, 0) is 0 Å². The number of benzene rings is 1. The number of nitrogens with one attached hydrogen (secondary N) is 2. The molecule has 0 radical (unpaired) electrons. The van der Waals surface area contributed by atoms with Crippen molar-refractivity contribution < 1.29 is 4.74 Å². The normalized spacial score (nSPS) is 17.9. The summed E-state index contributed by atoms with van der Waals surface area (Å²) in [6, 6.07) is 2.04. The topological polar surface area (TPSA) is 88.6 Å². The number of fused-ring (bicyclic) bond motifs is 1. The van der Waals surface area contributed by atoms with Crippen LogP contribution in [0.1, 0.15) is 0 Å². The summed E-state index contributed by atoms with van der Waals surface area (Å²) in [5, 5.41) is 6.75. The first-order valence-electron chi connectivity index (χ1n) is 5.94. The number of likely N-dealkylation sites (N-methyl/N-ethyl adjacent to an activating group) is 1. The highest BCUT2D eigenvalue weighted by molar-refractivity contribution is 5.94. The second kappa shape index (κ2) is 4.81. The zero-order valence-corrected chi connectivity index (χ0v) is 11.1. The Labute approximate surface area is 107 Å². The second-order valence-corrected chi connectivity index (χ2v) is 4.82. The van der Waals surface area contributed by atoms with Gasteiger partial charge in [0, 0.05) is 19.2 Å². The second-order valence-electron chi connectivity index (χ2n) is 4.82. The molecule has 0 spiro atoms. The first kappa shape index (κ1) is 12.6. The Morgan fingerprint density at radius 3 is 2.72 bits per heavy atom. The number of anilines is 4. The van der Waals surface area contributed by atoms with Gasteiger partial charge in [-0.05, 0) is 14.1 Å². The average molecular weight is 251 g/mol. The van der Waals surface area contributed by atoms with Gasteiger partial charge < -0.3 is 31.7 Å². The van der Waals surface area contributed by atoms with E-state index in [1.165, 1.54) is 0 Å². The molecule has 0 bridgehead atoms. The molecule has 6 N–H and O–H groups in total. The van der Waals surface area contributed by atoms with Crippen LogP contribution in [0.4, 0.5) is 22.7 Å². The van der Waals surface area contributed by atoms with E-state index in [9.17, 15) is 0 Å². The van der Waals surface area contributed by atoms with Crippen molar-refractivity contribution in [2.45, 2.75) is 6.04 Å². The van der Waals surface area contributed by atoms with Gasteiger partial charge in [-0.3, -0.25) is 0 Å². The molecule has 0 aromatic heterocycles. The molecule has 1 atom stereocenters. The summed E-state index contributed by atoms with van der Waals surface area (Å²) >= 11 is 0. The molecule has 0 fully saturated rings. The lowest BCUT2D eigenvalue weighted by Gasteiger charge is -2.32. The van der Waals surface area contributed by atoms with E-state index in [-0.39, 0.29) is 0 Å². The van der Waals surface area contributed by atoms with Gasteiger partial charge in [0.05, 0.1) is 35.9 Å². The number of nitrogen functional groups attached to an aromatic ring is 2. The highest BCUT2D eigenvalue weighted by Gasteiger charge is 2.23. The van der Waals surface area contributed by atoms with E-state index in [1.54, 1.807) is 13.2 Å². The van der Waals surface area contributed by atoms with Crippen LogP contribution in [0, 0.1) is 0 Å². The summed E-state index contributed by atoms with van der Waals surface area (Å²) in [7, 11) is 5.67. The van der Waals surface area contributed by atoms with Crippen molar-refractivity contribution in [1.82, 2.24) is 4.90 Å². The van der Waals surface area contributed by atoms with Crippen molar-refractivity contribution in [2.24, 2.45) is 0 Å². The first-order chi connectivity index (χ1) is 8.52. The molecule has 0 saturated heterocycles. The predicted molar refractivity (Wildman–Crippen MR) is 76.3 cm³/mol. The molecule has 6 heteroatoms. The van der Waals surface area contributed by atoms with Crippen LogP contribution in [0.5, 0.6) is 5.75 Å². The van der Waals surface area contributed by atoms with Crippen LogP contribution >= 0.6 is 0 Å². The van der Waals surface area contributed by atoms with E-state index >= 15 is 0 Å². The standard InChI is InChI=1S/C12H21N5O/c1-17(2)6-7-5-15-11-8(13)4-9(18-3)10(14)12(11)16-7/h4,7,15-16H,5-6,13-14H2,1-3H3. The SMILES string of the molecule is COc1cc(N)c2c(c1N)NC(CN(C)C)CN2. The average Bonchev–Trinajstić information content (AvgIpc) is 2.33. The molecule has 1 aromatic carbocycles. The molecule has 6 nitrogen and oxygen atoms in total. The monoisotopic (exact) mass is 251 g/mol. The smallest absolute Gasteiger partial charge is 0.146 e. The Hall–Kier alpha value is -1.82. The summed E-state index contributed by atoms with van der Waals surface area (Å²) in [6.07, 6.45) is 0. The van der Waals surface area contributed by atoms with Crippen LogP contribution in [0.2, 0.25) is 0 Å². The number of hydrogen-bond acceptors (Lipinski definition) is 6. The highest BCUT2D eigenvalue weighted by atomic mass is 16.5. The minimum atomic E-state index is 0.293. The first-order valence-corrected chi connectivity index (χ1v) is 5.94. The number of ether oxygens (including phenoxy) is 1. The Morgan fingerprint density at radius 2 is 2.11 bits per heavy atom. The summed E-state index contributed by atoms with van der Waals surface area (Å²) in [6.45, 7) is 1.74. The number of rotatable bonds is 3. The lowest BCUT2D eigenvalue weighted by Crippen LogP contribution is -2.41. The highest BCUT2D eigenvalue weighted by Crippen LogP contribution is 2.42. The summed E-state index contributed by atoms with van der Waals surface area (Å²) in [5.74, 6) is 0.603. The summed E-state index contributed by atoms with van der Waals surface area (Å²) in [4.78, 5) is 2.13. The molecule has 2 rings (SSSR count). The van der Waals surface area contributed by atoms with Gasteiger partial charge in [-0.15, -0.1) is 0 Å². The van der Waals surface area contributed by atoms with E-state index in [1.807, 2.05) is 14.1 Å². The minimum absolute atomic E-state index is 0.293. The summed E-state index contributed by atoms with van der Waals surface area (Å²) < 4.78 is 5.23. The Morgan fingerprint density at radius 1 is 1.39 bits per heavy atom. The van der Waals surface area contributed by atoms with E-state index in [2.05, 4.69) is 15.5 Å². The molecule has 1 aliphatic heterocycles. The molecule has 0 saturated carbocycles. The minimum Gasteiger partial charge on any atom is -0.494 e. The molecule has 1 unspecified atom stereocenters. The van der Waals surface area contributed by atoms with Gasteiger partial charge in [0.15, 0.2) is 0 Å². The van der Waals surface area contributed by atoms with Crippen LogP contribution in [0.25, 0.3) is 0 Å². The van der Waals surface area contributed by atoms with Gasteiger partial charge in [-0.2, -0.15) is 0 Å². The number of methoxy groups -OCH3 is 1. The van der Waals surface area contributed by atoms with Crippen LogP contribution in [0.3, 0.4) is 0 Å². The molecule has 1 aromatic rings. The Kier molecular flexibility index (Phi) is 3.38. The maximum absolute atomic E-state index is 6.08. The Bertz CT molecular complexity index is 447. The molecule has 18 heavy (non-hydrogen) atoms. The van der Waals surface area contributed by atoms with E-state index in [0.717, 1.165) is 24.5 Å². The zero-order chi connectivity index (χ0) is 13.3. The van der Waals surface area contributed by atoms with Crippen molar-refractivity contribution in [3.63, 3.8) is 0 Å². The fourth-order valence-electron chi connectivity index (χ4n) is 2.23. The van der Waals surface area contributed by atoms with E-state index in [4.69, 9.17) is 16.2 Å². The number of nitrogens with two attached hydrogens (primary N) is 2. The van der Waals surface area contributed by atoms with Crippen molar-refractivity contribution in [3.8, 4) is 5.75 Å². The van der Waals surface area contributed by atoms with E-state index in [0.29, 0.717) is 23.2 Å². The third-order valence-corrected chi connectivity index (χ3v) is 3.04. The van der Waals surface area contributed by atoms with Gasteiger partial charge in [-0.1, -0.05) is 0 Å². The van der Waals surface area contributed by atoms with E-state index < -0.39 is 0 Å². The van der Waals surface area contributed by atoms with Crippen molar-refractivity contribution in [2.75, 3.05) is 56.4 Å². The third kappa shape index (κ3) is 2.24. The van der Waals surface area contributed by atoms with Gasteiger partial charge in [0.25, 0.3) is 0 Å². The van der Waals surface area contributed by atoms with Crippen LogP contribution < -0.4 is 26.8 Å². The lowest BCUT2D eigenvalue weighted by molar-refractivity contribution is 0.386. The number of nitrogens with zero attached hydrogens (tertiary/aromatic N) is 1. The molecule has 1 heterocycles. The molecular formula is C12H21N5O. The summed E-state index contributed by atoms with van der Waals surface area (Å²) in [5.41, 5.74) is 15.0. The zero-order valence-electron chi connectivity index (χ0n) is 11.1. The lowest BCUT2D eigenvalue weighted by atomic mass is 10.1.